The van der Waals surface area contributed by atoms with Crippen LogP contribution in [0, 0.1) is 11.3 Å². The molecule has 28 heavy (non-hydrogen) atoms. The first-order valence-corrected chi connectivity index (χ1v) is 9.78. The molecule has 1 aromatic carbocycles. The lowest BCUT2D eigenvalue weighted by Crippen LogP contribution is -2.47. The van der Waals surface area contributed by atoms with E-state index in [-0.39, 0.29) is 17.3 Å². The van der Waals surface area contributed by atoms with Crippen molar-refractivity contribution >= 4 is 35.1 Å². The summed E-state index contributed by atoms with van der Waals surface area (Å²) in [5, 5.41) is 9.11. The fraction of sp³-hybridized carbons (Fsp3) is 0.350. The van der Waals surface area contributed by atoms with Gasteiger partial charge in [-0.2, -0.15) is 5.26 Å². The summed E-state index contributed by atoms with van der Waals surface area (Å²) in [6, 6.07) is 8.43. The molecular formula is C20H18Cl2N4O2. The second kappa shape index (κ2) is 6.93. The Morgan fingerprint density at radius 3 is 2.64 bits per heavy atom. The highest BCUT2D eigenvalue weighted by Gasteiger charge is 2.61. The molecule has 0 saturated carbocycles. The van der Waals surface area contributed by atoms with Gasteiger partial charge in [0.15, 0.2) is 0 Å². The summed E-state index contributed by atoms with van der Waals surface area (Å²) in [7, 11) is 0. The Morgan fingerprint density at radius 1 is 1.29 bits per heavy atom. The quantitative estimate of drug-likeness (QED) is 0.605. The molecule has 0 spiro atoms. The van der Waals surface area contributed by atoms with E-state index in [1.807, 2.05) is 0 Å². The molecule has 4 rings (SSSR count). The summed E-state index contributed by atoms with van der Waals surface area (Å²) >= 11 is 12.3. The Morgan fingerprint density at radius 2 is 2.00 bits per heavy atom. The lowest BCUT2D eigenvalue weighted by molar-refractivity contribution is -0.131. The SMILES string of the molecule is N#Cc1ccc(CC23CC(N)CN2C(=O)N(C2=CC(Cl)CC(Cl)=C2)C3=O)cc1. The van der Waals surface area contributed by atoms with Gasteiger partial charge in [-0.15, -0.1) is 11.6 Å². The first kappa shape index (κ1) is 19.0. The number of nitrogens with two attached hydrogens (primary N) is 1. The number of benzene rings is 1. The molecule has 0 radical (unpaired) electrons. The number of hydrogen-bond acceptors (Lipinski definition) is 4. The van der Waals surface area contributed by atoms with Gasteiger partial charge in [0.05, 0.1) is 22.7 Å². The van der Waals surface area contributed by atoms with Crippen LogP contribution in [0.4, 0.5) is 4.79 Å². The average Bonchev–Trinajstić information content (AvgIpc) is 3.07. The molecule has 1 aliphatic carbocycles. The van der Waals surface area contributed by atoms with Gasteiger partial charge >= 0.3 is 6.03 Å². The molecule has 2 fully saturated rings. The van der Waals surface area contributed by atoms with Crippen LogP contribution in [0.5, 0.6) is 0 Å². The molecule has 2 heterocycles. The van der Waals surface area contributed by atoms with E-state index >= 15 is 0 Å². The van der Waals surface area contributed by atoms with Crippen LogP contribution in [-0.4, -0.2) is 45.2 Å². The summed E-state index contributed by atoms with van der Waals surface area (Å²) in [6.07, 6.45) is 4.48. The zero-order valence-electron chi connectivity index (χ0n) is 14.9. The molecule has 3 amide bonds. The van der Waals surface area contributed by atoms with Crippen LogP contribution >= 0.6 is 23.2 Å². The van der Waals surface area contributed by atoms with Crippen LogP contribution in [-0.2, 0) is 11.2 Å². The van der Waals surface area contributed by atoms with Gasteiger partial charge in [-0.1, -0.05) is 23.7 Å². The van der Waals surface area contributed by atoms with Crippen LogP contribution in [0.15, 0.2) is 47.1 Å². The zero-order valence-corrected chi connectivity index (χ0v) is 16.5. The maximum atomic E-state index is 13.5. The Balaban J connectivity index is 1.71. The van der Waals surface area contributed by atoms with Crippen molar-refractivity contribution in [1.82, 2.24) is 9.80 Å². The van der Waals surface area contributed by atoms with E-state index in [0.29, 0.717) is 42.1 Å². The highest BCUT2D eigenvalue weighted by Crippen LogP contribution is 2.42. The van der Waals surface area contributed by atoms with Gasteiger partial charge in [-0.25, -0.2) is 9.69 Å². The number of allylic oxidation sites excluding steroid dienone is 3. The zero-order chi connectivity index (χ0) is 20.1. The second-order valence-corrected chi connectivity index (χ2v) is 8.46. The minimum absolute atomic E-state index is 0.270. The van der Waals surface area contributed by atoms with Crippen molar-refractivity contribution in [2.24, 2.45) is 5.73 Å². The number of fused-ring (bicyclic) bond motifs is 1. The van der Waals surface area contributed by atoms with Gasteiger partial charge in [-0.05, 0) is 36.3 Å². The summed E-state index contributed by atoms with van der Waals surface area (Å²) in [5.74, 6) is -0.312. The van der Waals surface area contributed by atoms with Crippen molar-refractivity contribution in [2.45, 2.75) is 36.2 Å². The molecule has 8 heteroatoms. The minimum atomic E-state index is -1.04. The molecule has 3 aliphatic rings. The third-order valence-corrected chi connectivity index (χ3v) is 5.98. The maximum absolute atomic E-state index is 13.5. The van der Waals surface area contributed by atoms with Crippen molar-refractivity contribution in [3.8, 4) is 6.07 Å². The molecule has 0 bridgehead atoms. The van der Waals surface area contributed by atoms with E-state index in [1.54, 1.807) is 41.3 Å². The normalized spacial score (nSPS) is 29.5. The number of hydrogen-bond donors (Lipinski definition) is 1. The van der Waals surface area contributed by atoms with E-state index < -0.39 is 11.6 Å². The van der Waals surface area contributed by atoms with Crippen molar-refractivity contribution in [1.29, 1.82) is 5.26 Å². The Hall–Kier alpha value is -2.33. The second-order valence-electron chi connectivity index (χ2n) is 7.42. The number of imide groups is 1. The summed E-state index contributed by atoms with van der Waals surface area (Å²) < 4.78 is 0. The number of urea groups is 1. The summed E-state index contributed by atoms with van der Waals surface area (Å²) in [4.78, 5) is 29.4. The molecule has 1 aromatic rings. The maximum Gasteiger partial charge on any atom is 0.332 e. The molecular weight excluding hydrogens is 399 g/mol. The average molecular weight is 417 g/mol. The number of halogens is 2. The standard InChI is InChI=1S/C20H18Cl2N4O2/c21-14-5-15(22)7-17(6-14)26-18(27)20(9-16(24)11-25(20)19(26)28)8-12-1-3-13(10-23)4-2-12/h1-4,6-7,14,16H,5,8-9,11,24H2. The van der Waals surface area contributed by atoms with Crippen LogP contribution in [0.25, 0.3) is 0 Å². The van der Waals surface area contributed by atoms with E-state index in [9.17, 15) is 9.59 Å². The molecule has 6 nitrogen and oxygen atoms in total. The lowest BCUT2D eigenvalue weighted by atomic mass is 9.87. The number of nitrogens with zero attached hydrogens (tertiary/aromatic N) is 3. The third-order valence-electron chi connectivity index (χ3n) is 5.44. The predicted molar refractivity (Wildman–Crippen MR) is 105 cm³/mol. The van der Waals surface area contributed by atoms with Crippen molar-refractivity contribution in [3.05, 3.63) is 58.3 Å². The van der Waals surface area contributed by atoms with E-state index in [4.69, 9.17) is 34.2 Å². The first-order chi connectivity index (χ1) is 13.3. The molecule has 3 unspecified atom stereocenters. The van der Waals surface area contributed by atoms with E-state index in [0.717, 1.165) is 5.56 Å². The fourth-order valence-electron chi connectivity index (χ4n) is 4.24. The molecule has 0 aromatic heterocycles. The van der Waals surface area contributed by atoms with Gasteiger partial charge < -0.3 is 10.6 Å². The van der Waals surface area contributed by atoms with Crippen molar-refractivity contribution < 1.29 is 9.59 Å². The van der Waals surface area contributed by atoms with Gasteiger partial charge in [0.2, 0.25) is 0 Å². The molecule has 3 atom stereocenters. The Labute approximate surface area is 172 Å². The lowest BCUT2D eigenvalue weighted by Gasteiger charge is -2.28. The molecule has 2 N–H and O–H groups in total. The largest absolute Gasteiger partial charge is 0.332 e. The summed E-state index contributed by atoms with van der Waals surface area (Å²) in [6.45, 7) is 0.312. The van der Waals surface area contributed by atoms with E-state index in [1.165, 1.54) is 4.90 Å². The highest BCUT2D eigenvalue weighted by atomic mass is 35.5. The topological polar surface area (TPSA) is 90.4 Å². The van der Waals surface area contributed by atoms with Gasteiger partial charge in [0.25, 0.3) is 5.91 Å². The third kappa shape index (κ3) is 3.00. The molecule has 2 aliphatic heterocycles. The number of amides is 3. The predicted octanol–water partition coefficient (Wildman–Crippen LogP) is 2.85. The molecule has 2 saturated heterocycles. The van der Waals surface area contributed by atoms with Crippen LogP contribution < -0.4 is 5.73 Å². The summed E-state index contributed by atoms with van der Waals surface area (Å²) in [5.41, 5.74) is 6.90. The van der Waals surface area contributed by atoms with Gasteiger partial charge in [0.1, 0.15) is 5.54 Å². The Bertz CT molecular complexity index is 950. The van der Waals surface area contributed by atoms with Crippen LogP contribution in [0.2, 0.25) is 0 Å². The van der Waals surface area contributed by atoms with Crippen molar-refractivity contribution in [2.75, 3.05) is 6.54 Å². The smallest absolute Gasteiger partial charge is 0.326 e. The van der Waals surface area contributed by atoms with Gasteiger partial charge in [-0.3, -0.25) is 4.79 Å². The number of nitriles is 1. The van der Waals surface area contributed by atoms with Crippen LogP contribution in [0.1, 0.15) is 24.0 Å². The number of carbonyl (C=O) groups is 2. The first-order valence-electron chi connectivity index (χ1n) is 8.97. The highest BCUT2D eigenvalue weighted by molar-refractivity contribution is 6.31. The van der Waals surface area contributed by atoms with Gasteiger partial charge in [0, 0.05) is 30.5 Å². The number of carbonyl (C=O) groups excluding carboxylic acids is 2. The minimum Gasteiger partial charge on any atom is -0.326 e. The molecule has 144 valence electrons. The van der Waals surface area contributed by atoms with Crippen LogP contribution in [0.3, 0.4) is 0 Å². The fourth-order valence-corrected chi connectivity index (χ4v) is 4.89. The van der Waals surface area contributed by atoms with Crippen molar-refractivity contribution in [3.63, 3.8) is 0 Å². The Kier molecular flexibility index (Phi) is 4.70. The number of rotatable bonds is 3. The monoisotopic (exact) mass is 416 g/mol. The van der Waals surface area contributed by atoms with E-state index in [2.05, 4.69) is 6.07 Å². The number of alkyl halides is 1.